The largest absolute Gasteiger partial charge is 0.508 e. The number of carbonyl (C=O) groups excluding carboxylic acids is 1. The van der Waals surface area contributed by atoms with Gasteiger partial charge in [-0.1, -0.05) is 0 Å². The molecule has 2 aromatic carbocycles. The number of phenols is 1. The van der Waals surface area contributed by atoms with E-state index in [1.165, 1.54) is 0 Å². The fraction of sp³-hybridized carbons (Fsp3) is 0. The van der Waals surface area contributed by atoms with E-state index < -0.39 is 23.5 Å². The van der Waals surface area contributed by atoms with Crippen molar-refractivity contribution >= 4 is 17.6 Å². The van der Waals surface area contributed by atoms with E-state index in [1.54, 1.807) is 0 Å². The molecule has 0 aliphatic carbocycles. The normalized spacial score (nSPS) is 10.2. The molecule has 0 fully saturated rings. The molecule has 0 aliphatic rings. The molecule has 0 spiro atoms. The van der Waals surface area contributed by atoms with Crippen molar-refractivity contribution < 1.29 is 28.6 Å². The van der Waals surface area contributed by atoms with Crippen LogP contribution in [0.25, 0.3) is 0 Å². The van der Waals surface area contributed by atoms with Gasteiger partial charge in [-0.25, -0.2) is 13.6 Å². The summed E-state index contributed by atoms with van der Waals surface area (Å²) in [6.45, 7) is 0. The van der Waals surface area contributed by atoms with Crippen LogP contribution < -0.4 is 5.32 Å². The molecule has 0 unspecified atom stereocenters. The van der Waals surface area contributed by atoms with Crippen LogP contribution in [0.15, 0.2) is 36.4 Å². The highest BCUT2D eigenvalue weighted by atomic mass is 19.1. The van der Waals surface area contributed by atoms with Gasteiger partial charge in [-0.3, -0.25) is 4.79 Å². The molecule has 0 aromatic heterocycles. The summed E-state index contributed by atoms with van der Waals surface area (Å²) in [5.74, 6) is -4.50. The van der Waals surface area contributed by atoms with E-state index in [0.717, 1.165) is 36.4 Å². The Kier molecular flexibility index (Phi) is 3.84. The summed E-state index contributed by atoms with van der Waals surface area (Å²) in [6.07, 6.45) is 0. The molecule has 0 heterocycles. The van der Waals surface area contributed by atoms with Crippen molar-refractivity contribution in [3.63, 3.8) is 0 Å². The molecule has 2 rings (SSSR count). The maximum Gasteiger partial charge on any atom is 0.335 e. The lowest BCUT2D eigenvalue weighted by Gasteiger charge is -2.08. The van der Waals surface area contributed by atoms with Crippen molar-refractivity contribution in [1.29, 1.82) is 0 Å². The molecule has 0 bridgehead atoms. The van der Waals surface area contributed by atoms with Crippen LogP contribution in [0.4, 0.5) is 14.5 Å². The molecule has 7 heteroatoms. The lowest BCUT2D eigenvalue weighted by atomic mass is 10.1. The second-order valence-electron chi connectivity index (χ2n) is 4.12. The van der Waals surface area contributed by atoms with Gasteiger partial charge < -0.3 is 15.5 Å². The van der Waals surface area contributed by atoms with Gasteiger partial charge in [0.25, 0.3) is 5.91 Å². The zero-order valence-corrected chi connectivity index (χ0v) is 10.4. The average molecular weight is 293 g/mol. The molecule has 3 N–H and O–H groups in total. The number of rotatable bonds is 3. The highest BCUT2D eigenvalue weighted by molar-refractivity contribution is 6.04. The van der Waals surface area contributed by atoms with Gasteiger partial charge in [0.15, 0.2) is 0 Å². The number of hydrogen-bond donors (Lipinski definition) is 3. The smallest absolute Gasteiger partial charge is 0.335 e. The highest BCUT2D eigenvalue weighted by Gasteiger charge is 2.15. The third kappa shape index (κ3) is 3.14. The van der Waals surface area contributed by atoms with Crippen molar-refractivity contribution in [2.75, 3.05) is 5.32 Å². The maximum absolute atomic E-state index is 13.6. The fourth-order valence-corrected chi connectivity index (χ4v) is 1.63. The number of nitrogens with one attached hydrogen (secondary N) is 1. The van der Waals surface area contributed by atoms with E-state index in [9.17, 15) is 18.4 Å². The number of aromatic hydroxyl groups is 1. The van der Waals surface area contributed by atoms with Crippen LogP contribution in [-0.2, 0) is 0 Å². The van der Waals surface area contributed by atoms with Crippen molar-refractivity contribution in [1.82, 2.24) is 0 Å². The summed E-state index contributed by atoms with van der Waals surface area (Å²) in [6, 6.07) is 5.82. The maximum atomic E-state index is 13.6. The molecule has 0 atom stereocenters. The Morgan fingerprint density at radius 3 is 2.29 bits per heavy atom. The van der Waals surface area contributed by atoms with Crippen LogP contribution in [0.5, 0.6) is 5.75 Å². The molecule has 0 saturated carbocycles. The Morgan fingerprint density at radius 2 is 1.71 bits per heavy atom. The molecule has 1 amide bonds. The van der Waals surface area contributed by atoms with Gasteiger partial charge in [-0.2, -0.15) is 0 Å². The van der Waals surface area contributed by atoms with Gasteiger partial charge in [0.05, 0.1) is 16.8 Å². The number of anilines is 1. The number of aromatic carboxylic acids is 1. The molecule has 0 radical (unpaired) electrons. The fourth-order valence-electron chi connectivity index (χ4n) is 1.63. The summed E-state index contributed by atoms with van der Waals surface area (Å²) in [5, 5.41) is 19.9. The average Bonchev–Trinajstić information content (AvgIpc) is 2.40. The number of carbonyl (C=O) groups is 2. The number of amides is 1. The second-order valence-corrected chi connectivity index (χ2v) is 4.12. The topological polar surface area (TPSA) is 86.6 Å². The molecule has 21 heavy (non-hydrogen) atoms. The Hall–Kier alpha value is -2.96. The summed E-state index contributed by atoms with van der Waals surface area (Å²) in [4.78, 5) is 22.5. The highest BCUT2D eigenvalue weighted by Crippen LogP contribution is 2.19. The first-order valence-electron chi connectivity index (χ1n) is 5.71. The van der Waals surface area contributed by atoms with Gasteiger partial charge in [0.1, 0.15) is 17.4 Å². The summed E-state index contributed by atoms with van der Waals surface area (Å²) in [7, 11) is 0. The van der Waals surface area contributed by atoms with Gasteiger partial charge in [-0.05, 0) is 30.3 Å². The lowest BCUT2D eigenvalue weighted by molar-refractivity contribution is 0.0696. The first-order valence-corrected chi connectivity index (χ1v) is 5.71. The standard InChI is InChI=1S/C14H9F2NO4/c15-10-6-8(18)2-3-9(10)13(19)17-12-4-1-7(14(20)21)5-11(12)16/h1-6,18H,(H,17,19)(H,20,21). The van der Waals surface area contributed by atoms with Crippen LogP contribution >= 0.6 is 0 Å². The Labute approximate surface area is 117 Å². The zero-order chi connectivity index (χ0) is 15.6. The van der Waals surface area contributed by atoms with Gasteiger partial charge in [0, 0.05) is 6.07 Å². The first kappa shape index (κ1) is 14.4. The zero-order valence-electron chi connectivity index (χ0n) is 10.4. The molecule has 2 aromatic rings. The number of hydrogen-bond acceptors (Lipinski definition) is 3. The Balaban J connectivity index is 2.25. The molecule has 108 valence electrons. The first-order chi connectivity index (χ1) is 9.88. The third-order valence-corrected chi connectivity index (χ3v) is 2.66. The quantitative estimate of drug-likeness (QED) is 0.812. The van der Waals surface area contributed by atoms with Gasteiger partial charge in [0.2, 0.25) is 0 Å². The van der Waals surface area contributed by atoms with Crippen molar-refractivity contribution in [3.05, 3.63) is 59.2 Å². The molecule has 0 saturated heterocycles. The van der Waals surface area contributed by atoms with Gasteiger partial charge in [-0.15, -0.1) is 0 Å². The summed E-state index contributed by atoms with van der Waals surface area (Å²) in [5.41, 5.74) is -0.937. The second kappa shape index (κ2) is 5.58. The van der Waals surface area contributed by atoms with E-state index in [4.69, 9.17) is 10.2 Å². The predicted molar refractivity (Wildman–Crippen MR) is 69.4 cm³/mol. The van der Waals surface area contributed by atoms with Crippen molar-refractivity contribution in [3.8, 4) is 5.75 Å². The van der Waals surface area contributed by atoms with Crippen LogP contribution in [0.1, 0.15) is 20.7 Å². The lowest BCUT2D eigenvalue weighted by Crippen LogP contribution is -2.15. The Bertz CT molecular complexity index is 731. The van der Waals surface area contributed by atoms with E-state index in [1.807, 2.05) is 0 Å². The summed E-state index contributed by atoms with van der Waals surface area (Å²) >= 11 is 0. The minimum absolute atomic E-state index is 0.277. The molecular formula is C14H9F2NO4. The number of phenolic OH excluding ortho intramolecular Hbond substituents is 1. The molecule has 0 aliphatic heterocycles. The van der Waals surface area contributed by atoms with Crippen molar-refractivity contribution in [2.45, 2.75) is 0 Å². The number of carboxylic acid groups (broad SMARTS) is 1. The van der Waals surface area contributed by atoms with E-state index in [-0.39, 0.29) is 22.6 Å². The summed E-state index contributed by atoms with van der Waals surface area (Å²) < 4.78 is 27.1. The third-order valence-electron chi connectivity index (χ3n) is 2.66. The SMILES string of the molecule is O=C(O)c1ccc(NC(=O)c2ccc(O)cc2F)c(F)c1. The van der Waals surface area contributed by atoms with Crippen LogP contribution in [-0.4, -0.2) is 22.1 Å². The van der Waals surface area contributed by atoms with E-state index in [2.05, 4.69) is 5.32 Å². The number of carboxylic acids is 1. The van der Waals surface area contributed by atoms with E-state index >= 15 is 0 Å². The van der Waals surface area contributed by atoms with E-state index in [0.29, 0.717) is 0 Å². The monoisotopic (exact) mass is 293 g/mol. The van der Waals surface area contributed by atoms with Crippen LogP contribution in [0, 0.1) is 11.6 Å². The number of halogens is 2. The minimum Gasteiger partial charge on any atom is -0.508 e. The van der Waals surface area contributed by atoms with Crippen LogP contribution in [0.2, 0.25) is 0 Å². The van der Waals surface area contributed by atoms with Gasteiger partial charge >= 0.3 is 5.97 Å². The molecule has 5 nitrogen and oxygen atoms in total. The van der Waals surface area contributed by atoms with Crippen LogP contribution in [0.3, 0.4) is 0 Å². The van der Waals surface area contributed by atoms with Crippen molar-refractivity contribution in [2.24, 2.45) is 0 Å². The minimum atomic E-state index is -1.31. The Morgan fingerprint density at radius 1 is 1.00 bits per heavy atom. The predicted octanol–water partition coefficient (Wildman–Crippen LogP) is 2.62. The number of benzene rings is 2. The molecular weight excluding hydrogens is 284 g/mol.